The van der Waals surface area contributed by atoms with Crippen molar-refractivity contribution in [3.05, 3.63) is 64.2 Å². The molecule has 2 bridgehead atoms. The summed E-state index contributed by atoms with van der Waals surface area (Å²) in [6, 6.07) is 10.7. The summed E-state index contributed by atoms with van der Waals surface area (Å²) in [6.45, 7) is 1.09. The minimum atomic E-state index is -1.08. The number of nitrogens with one attached hydrogen (secondary N) is 3. The van der Waals surface area contributed by atoms with Gasteiger partial charge in [-0.05, 0) is 62.0 Å². The molecule has 3 amide bonds. The number of ether oxygens (including phenoxy) is 1. The predicted molar refractivity (Wildman–Crippen MR) is 145 cm³/mol. The molecule has 2 aromatic carbocycles. The first-order chi connectivity index (χ1) is 19.2. The van der Waals surface area contributed by atoms with Gasteiger partial charge in [0.1, 0.15) is 5.75 Å². The number of ketones is 1. The smallest absolute Gasteiger partial charge is 0.255 e. The highest BCUT2D eigenvalue weighted by atomic mass is 16.5. The number of likely N-dealkylation sites (N-methyl/N-ethyl adjacent to an activating group) is 1. The molecular weight excluding hydrogens is 512 g/mol. The van der Waals surface area contributed by atoms with Crippen LogP contribution in [-0.2, 0) is 32.6 Å². The van der Waals surface area contributed by atoms with Crippen LogP contribution in [0, 0.1) is 5.41 Å². The molecule has 2 aliphatic heterocycles. The largest absolute Gasteiger partial charge is 0.480 e. The van der Waals surface area contributed by atoms with Gasteiger partial charge in [-0.2, -0.15) is 0 Å². The maximum absolute atomic E-state index is 13.4. The number of amides is 3. The molecule has 0 radical (unpaired) electrons. The second-order valence-electron chi connectivity index (χ2n) is 11.3. The second kappa shape index (κ2) is 9.64. The van der Waals surface area contributed by atoms with Crippen LogP contribution < -0.4 is 15.4 Å². The fourth-order valence-electron chi connectivity index (χ4n) is 7.51. The van der Waals surface area contributed by atoms with Gasteiger partial charge in [0, 0.05) is 30.8 Å². The van der Waals surface area contributed by atoms with Gasteiger partial charge in [-0.15, -0.1) is 0 Å². The van der Waals surface area contributed by atoms with Gasteiger partial charge >= 0.3 is 0 Å². The van der Waals surface area contributed by atoms with E-state index in [1.807, 2.05) is 25.2 Å². The van der Waals surface area contributed by atoms with Crippen LogP contribution in [0.25, 0.3) is 0 Å². The summed E-state index contributed by atoms with van der Waals surface area (Å²) in [5, 5.41) is 24.6. The molecular formula is C30H32N4O6. The molecule has 10 heteroatoms. The zero-order valence-corrected chi connectivity index (χ0v) is 22.2. The molecule has 4 aliphatic rings. The molecule has 6 rings (SSSR count). The van der Waals surface area contributed by atoms with E-state index in [4.69, 9.17) is 10.1 Å². The molecule has 5 atom stereocenters. The van der Waals surface area contributed by atoms with Crippen LogP contribution in [0.4, 0.5) is 0 Å². The highest BCUT2D eigenvalue weighted by molar-refractivity contribution is 6.02. The van der Waals surface area contributed by atoms with Crippen LogP contribution in [0.2, 0.25) is 0 Å². The van der Waals surface area contributed by atoms with E-state index in [0.717, 1.165) is 29.4 Å². The van der Waals surface area contributed by atoms with Gasteiger partial charge in [0.15, 0.2) is 11.9 Å². The molecule has 208 valence electrons. The summed E-state index contributed by atoms with van der Waals surface area (Å²) >= 11 is 0. The van der Waals surface area contributed by atoms with Gasteiger partial charge in [0.25, 0.3) is 5.91 Å². The summed E-state index contributed by atoms with van der Waals surface area (Å²) < 4.78 is 6.33. The first kappa shape index (κ1) is 26.3. The zero-order valence-electron chi connectivity index (χ0n) is 22.2. The third-order valence-electron chi connectivity index (χ3n) is 9.48. The zero-order chi connectivity index (χ0) is 28.2. The molecule has 2 aromatic rings. The molecule has 1 saturated heterocycles. The Hall–Kier alpha value is -3.89. The molecule has 2 heterocycles. The number of hydrogen-bond acceptors (Lipinski definition) is 8. The van der Waals surface area contributed by atoms with Crippen molar-refractivity contribution in [2.75, 3.05) is 20.1 Å². The number of Topliss-reactive ketones (excluding diaryl/α,β-unsaturated/α-hetero) is 1. The molecule has 1 saturated carbocycles. The molecule has 0 aromatic heterocycles. The standard InChI is InChI=1S/C30H32N4O6/c1-34-13-11-29-24-19-6-7-20(25(24)40-26(29)22(36)8-10-30(29,39)23(34)14-19)27(37)32-12-9-17-2-4-18(5-3-17)21(15-31)28(38)33-16-35/h2-7,15-16,21,23,26,31,39H,8-14H2,1H3,(H,32,37)(H,33,35,38). The third kappa shape index (κ3) is 3.66. The summed E-state index contributed by atoms with van der Waals surface area (Å²) in [5.41, 5.74) is 1.87. The molecule has 1 spiro atoms. The maximum Gasteiger partial charge on any atom is 0.255 e. The number of carbonyl (C=O) groups excluding carboxylic acids is 4. The van der Waals surface area contributed by atoms with Crippen molar-refractivity contribution < 1.29 is 29.0 Å². The lowest BCUT2D eigenvalue weighted by atomic mass is 9.49. The predicted octanol–water partition coefficient (Wildman–Crippen LogP) is 1.02. The van der Waals surface area contributed by atoms with E-state index in [2.05, 4.69) is 15.5 Å². The quantitative estimate of drug-likeness (QED) is 0.286. The number of carbonyl (C=O) groups is 4. The van der Waals surface area contributed by atoms with Crippen molar-refractivity contribution in [2.24, 2.45) is 0 Å². The fourth-order valence-corrected chi connectivity index (χ4v) is 7.51. The average Bonchev–Trinajstić information content (AvgIpc) is 3.30. The van der Waals surface area contributed by atoms with Crippen molar-refractivity contribution in [1.29, 1.82) is 5.41 Å². The lowest BCUT2D eigenvalue weighted by Crippen LogP contribution is -2.76. The first-order valence-corrected chi connectivity index (χ1v) is 13.6. The van der Waals surface area contributed by atoms with Crippen molar-refractivity contribution in [3.8, 4) is 5.75 Å². The summed E-state index contributed by atoms with van der Waals surface area (Å²) in [7, 11) is 2.02. The van der Waals surface area contributed by atoms with Crippen molar-refractivity contribution in [1.82, 2.24) is 15.5 Å². The second-order valence-corrected chi connectivity index (χ2v) is 11.3. The van der Waals surface area contributed by atoms with E-state index in [1.165, 1.54) is 0 Å². The Kier molecular flexibility index (Phi) is 6.35. The van der Waals surface area contributed by atoms with Gasteiger partial charge in [-0.1, -0.05) is 30.3 Å². The Bertz CT molecular complexity index is 1420. The summed E-state index contributed by atoms with van der Waals surface area (Å²) in [5.74, 6) is -1.30. The molecule has 40 heavy (non-hydrogen) atoms. The van der Waals surface area contributed by atoms with E-state index in [0.29, 0.717) is 55.5 Å². The Labute approximate surface area is 231 Å². The Morgan fingerprint density at radius 3 is 2.73 bits per heavy atom. The topological polar surface area (TPSA) is 149 Å². The van der Waals surface area contributed by atoms with Crippen molar-refractivity contribution in [2.45, 2.75) is 61.2 Å². The van der Waals surface area contributed by atoms with Gasteiger partial charge in [0.2, 0.25) is 12.3 Å². The minimum absolute atomic E-state index is 0.0132. The summed E-state index contributed by atoms with van der Waals surface area (Å²) in [6.07, 6.45) is 2.94. The number of likely N-dealkylation sites (tertiary alicyclic amines) is 1. The van der Waals surface area contributed by atoms with Gasteiger partial charge < -0.3 is 25.5 Å². The third-order valence-corrected chi connectivity index (χ3v) is 9.48. The van der Waals surface area contributed by atoms with E-state index in [-0.39, 0.29) is 24.2 Å². The molecule has 2 fully saturated rings. The van der Waals surface area contributed by atoms with Crippen LogP contribution in [0.3, 0.4) is 0 Å². The molecule has 5 unspecified atom stereocenters. The molecule has 10 nitrogen and oxygen atoms in total. The van der Waals surface area contributed by atoms with E-state index < -0.39 is 28.9 Å². The highest BCUT2D eigenvalue weighted by Gasteiger charge is 2.72. The number of nitrogens with zero attached hydrogens (tertiary/aromatic N) is 1. The van der Waals surface area contributed by atoms with Crippen molar-refractivity contribution >= 4 is 30.2 Å². The van der Waals surface area contributed by atoms with Crippen LogP contribution in [0.5, 0.6) is 5.75 Å². The van der Waals surface area contributed by atoms with E-state index in [9.17, 15) is 24.3 Å². The fraction of sp³-hybridized carbons (Fsp3) is 0.433. The molecule has 4 N–H and O–H groups in total. The number of rotatable bonds is 8. The van der Waals surface area contributed by atoms with Crippen LogP contribution >= 0.6 is 0 Å². The van der Waals surface area contributed by atoms with Gasteiger partial charge in [-0.3, -0.25) is 24.5 Å². The van der Waals surface area contributed by atoms with Crippen LogP contribution in [0.1, 0.15) is 57.8 Å². The first-order valence-electron chi connectivity index (χ1n) is 13.6. The Morgan fingerprint density at radius 1 is 1.23 bits per heavy atom. The normalized spacial score (nSPS) is 28.6. The van der Waals surface area contributed by atoms with Crippen molar-refractivity contribution in [3.63, 3.8) is 0 Å². The van der Waals surface area contributed by atoms with Gasteiger partial charge in [-0.25, -0.2) is 0 Å². The number of benzene rings is 2. The van der Waals surface area contributed by atoms with Crippen LogP contribution in [0.15, 0.2) is 36.4 Å². The maximum atomic E-state index is 13.4. The lowest BCUT2D eigenvalue weighted by molar-refractivity contribution is -0.185. The number of aliphatic hydroxyl groups is 1. The number of hydrogen-bond donors (Lipinski definition) is 4. The summed E-state index contributed by atoms with van der Waals surface area (Å²) in [4.78, 5) is 51.2. The SMILES string of the molecule is CN1CCC23c4c5ccc(C(=O)NCCc6ccc(C(C=N)C(=O)NC=O)cc6)c4OC2C(=O)CCC3(O)C1C5. The Balaban J connectivity index is 1.20. The van der Waals surface area contributed by atoms with Gasteiger partial charge in [0.05, 0.1) is 22.5 Å². The minimum Gasteiger partial charge on any atom is -0.480 e. The average molecular weight is 545 g/mol. The highest BCUT2D eigenvalue weighted by Crippen LogP contribution is 2.63. The molecule has 2 aliphatic carbocycles. The van der Waals surface area contributed by atoms with Crippen LogP contribution in [-0.4, -0.2) is 78.1 Å². The van der Waals surface area contributed by atoms with E-state index in [1.54, 1.807) is 18.2 Å². The monoisotopic (exact) mass is 544 g/mol. The van der Waals surface area contributed by atoms with E-state index >= 15 is 0 Å². The number of imide groups is 1. The number of piperidine rings is 1. The Morgan fingerprint density at radius 2 is 2.00 bits per heavy atom. The lowest BCUT2D eigenvalue weighted by Gasteiger charge is -2.62.